The number of nitrogens with one attached hydrogen (secondary N) is 1. The summed E-state index contributed by atoms with van der Waals surface area (Å²) in [6, 6.07) is 14.7. The van der Waals surface area contributed by atoms with Crippen LogP contribution in [0.15, 0.2) is 72.0 Å². The molecule has 0 bridgehead atoms. The van der Waals surface area contributed by atoms with E-state index >= 15 is 0 Å². The van der Waals surface area contributed by atoms with Crippen molar-refractivity contribution >= 4 is 28.8 Å². The van der Waals surface area contributed by atoms with Gasteiger partial charge in [0.1, 0.15) is 0 Å². The van der Waals surface area contributed by atoms with Gasteiger partial charge in [-0.3, -0.25) is 9.59 Å². The van der Waals surface area contributed by atoms with Gasteiger partial charge in [-0.05, 0) is 42.0 Å². The van der Waals surface area contributed by atoms with Crippen molar-refractivity contribution in [1.82, 2.24) is 19.4 Å². The maximum atomic E-state index is 12.3. The van der Waals surface area contributed by atoms with E-state index in [1.807, 2.05) is 47.2 Å². The van der Waals surface area contributed by atoms with Gasteiger partial charge in [0, 0.05) is 30.7 Å². The number of carbonyl (C=O) groups is 1. The Morgan fingerprint density at radius 1 is 1.17 bits per heavy atom. The summed E-state index contributed by atoms with van der Waals surface area (Å²) in [5, 5.41) is 2.84. The van der Waals surface area contributed by atoms with Crippen LogP contribution in [0.5, 0.6) is 0 Å². The molecule has 1 N–H and O–H groups in total. The first-order chi connectivity index (χ1) is 14.0. The van der Waals surface area contributed by atoms with E-state index < -0.39 is 0 Å². The molecule has 0 spiro atoms. The monoisotopic (exact) mass is 424 g/mol. The van der Waals surface area contributed by atoms with E-state index in [-0.39, 0.29) is 11.5 Å². The van der Waals surface area contributed by atoms with Crippen LogP contribution >= 0.6 is 22.9 Å². The quantitative estimate of drug-likeness (QED) is 0.528. The zero-order chi connectivity index (χ0) is 20.4. The van der Waals surface area contributed by atoms with Gasteiger partial charge in [-0.1, -0.05) is 23.7 Å². The number of hydrogen-bond donors (Lipinski definition) is 1. The fraction of sp³-hybridized carbons (Fsp3) is 0.0952. The Balaban J connectivity index is 1.46. The van der Waals surface area contributed by atoms with E-state index in [1.165, 1.54) is 11.3 Å². The lowest BCUT2D eigenvalue weighted by atomic mass is 10.1. The zero-order valence-electron chi connectivity index (χ0n) is 15.5. The van der Waals surface area contributed by atoms with Gasteiger partial charge < -0.3 is 14.5 Å². The Labute approximate surface area is 176 Å². The molecule has 29 heavy (non-hydrogen) atoms. The number of carbonyl (C=O) groups excluding carboxylic acids is 1. The third kappa shape index (κ3) is 4.16. The molecule has 4 rings (SSSR count). The Morgan fingerprint density at radius 3 is 2.69 bits per heavy atom. The van der Waals surface area contributed by atoms with Crippen molar-refractivity contribution in [1.29, 1.82) is 0 Å². The molecule has 0 fully saturated rings. The minimum Gasteiger partial charge on any atom is -0.346 e. The van der Waals surface area contributed by atoms with Crippen LogP contribution in [-0.4, -0.2) is 20.0 Å². The zero-order valence-corrected chi connectivity index (χ0v) is 17.1. The number of thiophene rings is 1. The normalized spacial score (nSPS) is 10.8. The van der Waals surface area contributed by atoms with Gasteiger partial charge in [-0.25, -0.2) is 4.98 Å². The average molecular weight is 425 g/mol. The van der Waals surface area contributed by atoms with Crippen molar-refractivity contribution in [2.24, 2.45) is 7.05 Å². The van der Waals surface area contributed by atoms with Crippen LogP contribution in [0.4, 0.5) is 0 Å². The summed E-state index contributed by atoms with van der Waals surface area (Å²) in [4.78, 5) is 29.3. The van der Waals surface area contributed by atoms with Crippen LogP contribution in [0.1, 0.15) is 15.4 Å². The van der Waals surface area contributed by atoms with Crippen molar-refractivity contribution < 1.29 is 4.79 Å². The average Bonchev–Trinajstić information content (AvgIpc) is 3.38. The second-order valence-corrected chi connectivity index (χ2v) is 8.16. The molecule has 0 aliphatic carbocycles. The van der Waals surface area contributed by atoms with Gasteiger partial charge in [0.25, 0.3) is 11.5 Å². The molecule has 0 aliphatic heterocycles. The molecule has 146 valence electrons. The number of aromatic nitrogens is 3. The molecule has 3 aromatic heterocycles. The standard InChI is InChI=1S/C21H17ClN4O2S/c1-25-10-2-3-17(21(25)28)14-4-6-16(7-5-14)26-12-15(24-13-26)11-23-20(27)18-8-9-19(22)29-18/h2-10,12-13H,11H2,1H3,(H,23,27). The Morgan fingerprint density at radius 2 is 1.97 bits per heavy atom. The number of benzene rings is 1. The predicted molar refractivity (Wildman–Crippen MR) is 115 cm³/mol. The first-order valence-electron chi connectivity index (χ1n) is 8.84. The van der Waals surface area contributed by atoms with E-state index in [1.54, 1.807) is 36.3 Å². The minimum absolute atomic E-state index is 0.0343. The highest BCUT2D eigenvalue weighted by molar-refractivity contribution is 7.17. The second kappa shape index (κ2) is 8.06. The minimum atomic E-state index is -0.176. The molecule has 0 radical (unpaired) electrons. The Hall–Kier alpha value is -3.16. The largest absolute Gasteiger partial charge is 0.346 e. The molecule has 1 aromatic carbocycles. The molecule has 0 saturated heterocycles. The molecular weight excluding hydrogens is 408 g/mol. The summed E-state index contributed by atoms with van der Waals surface area (Å²) < 4.78 is 4.01. The number of hydrogen-bond acceptors (Lipinski definition) is 4. The molecule has 0 aliphatic rings. The first kappa shape index (κ1) is 19.2. The highest BCUT2D eigenvalue weighted by atomic mass is 35.5. The molecule has 4 aromatic rings. The van der Waals surface area contributed by atoms with Gasteiger partial charge in [0.2, 0.25) is 0 Å². The van der Waals surface area contributed by atoms with Gasteiger partial charge in [0.15, 0.2) is 0 Å². The van der Waals surface area contributed by atoms with Crippen LogP contribution in [0, 0.1) is 0 Å². The van der Waals surface area contributed by atoms with E-state index in [2.05, 4.69) is 10.3 Å². The van der Waals surface area contributed by atoms with Crippen LogP contribution in [0.3, 0.4) is 0 Å². The molecule has 8 heteroatoms. The lowest BCUT2D eigenvalue weighted by Gasteiger charge is -2.06. The highest BCUT2D eigenvalue weighted by Crippen LogP contribution is 2.21. The number of rotatable bonds is 5. The second-order valence-electron chi connectivity index (χ2n) is 6.44. The molecule has 1 amide bonds. The molecule has 0 unspecified atom stereocenters. The van der Waals surface area contributed by atoms with E-state index in [0.717, 1.165) is 16.9 Å². The van der Waals surface area contributed by atoms with Gasteiger partial charge in [-0.2, -0.15) is 0 Å². The van der Waals surface area contributed by atoms with Crippen LogP contribution in [0.2, 0.25) is 4.34 Å². The number of imidazole rings is 1. The summed E-state index contributed by atoms with van der Waals surface area (Å²) in [6.45, 7) is 0.319. The number of amides is 1. The lowest BCUT2D eigenvalue weighted by molar-refractivity contribution is 0.0954. The molecular formula is C21H17ClN4O2S. The van der Waals surface area contributed by atoms with Crippen LogP contribution in [-0.2, 0) is 13.6 Å². The molecule has 0 saturated carbocycles. The maximum absolute atomic E-state index is 12.3. The topological polar surface area (TPSA) is 68.9 Å². The summed E-state index contributed by atoms with van der Waals surface area (Å²) in [7, 11) is 1.74. The van der Waals surface area contributed by atoms with Gasteiger partial charge in [0.05, 0.1) is 27.8 Å². The van der Waals surface area contributed by atoms with E-state index in [9.17, 15) is 9.59 Å². The molecule has 6 nitrogen and oxygen atoms in total. The maximum Gasteiger partial charge on any atom is 0.261 e. The fourth-order valence-electron chi connectivity index (χ4n) is 2.92. The summed E-state index contributed by atoms with van der Waals surface area (Å²) >= 11 is 7.10. The Bertz CT molecular complexity index is 1220. The lowest BCUT2D eigenvalue weighted by Crippen LogP contribution is -2.21. The van der Waals surface area contributed by atoms with E-state index in [4.69, 9.17) is 11.6 Å². The molecule has 3 heterocycles. The summed E-state index contributed by atoms with van der Waals surface area (Å²) in [5.74, 6) is -0.176. The van der Waals surface area contributed by atoms with Crippen LogP contribution < -0.4 is 10.9 Å². The predicted octanol–water partition coefficient (Wildman–Crippen LogP) is 3.88. The number of nitrogens with zero attached hydrogens (tertiary/aromatic N) is 3. The summed E-state index contributed by atoms with van der Waals surface area (Å²) in [5.41, 5.74) is 3.13. The third-order valence-electron chi connectivity index (χ3n) is 4.46. The van der Waals surface area contributed by atoms with Crippen LogP contribution in [0.25, 0.3) is 16.8 Å². The van der Waals surface area contributed by atoms with Crippen molar-refractivity contribution in [3.8, 4) is 16.8 Å². The molecule has 0 atom stereocenters. The fourth-order valence-corrected chi connectivity index (χ4v) is 3.88. The van der Waals surface area contributed by atoms with Crippen molar-refractivity contribution in [2.75, 3.05) is 0 Å². The van der Waals surface area contributed by atoms with E-state index in [0.29, 0.717) is 21.3 Å². The smallest absolute Gasteiger partial charge is 0.261 e. The SMILES string of the molecule is Cn1cccc(-c2ccc(-n3cnc(CNC(=O)c4ccc(Cl)s4)c3)cc2)c1=O. The van der Waals surface area contributed by atoms with Crippen molar-refractivity contribution in [3.63, 3.8) is 0 Å². The van der Waals surface area contributed by atoms with Gasteiger partial charge >= 0.3 is 0 Å². The summed E-state index contributed by atoms with van der Waals surface area (Å²) in [6.07, 6.45) is 5.29. The number of pyridine rings is 1. The number of halogens is 1. The van der Waals surface area contributed by atoms with Crippen molar-refractivity contribution in [2.45, 2.75) is 6.54 Å². The Kier molecular flexibility index (Phi) is 5.33. The third-order valence-corrected chi connectivity index (χ3v) is 5.69. The highest BCUT2D eigenvalue weighted by Gasteiger charge is 2.10. The first-order valence-corrected chi connectivity index (χ1v) is 10.0. The number of aryl methyl sites for hydroxylation is 1. The van der Waals surface area contributed by atoms with Gasteiger partial charge in [-0.15, -0.1) is 11.3 Å². The van der Waals surface area contributed by atoms with Crippen molar-refractivity contribution in [3.05, 3.63) is 92.5 Å².